The number of nitrogens with zero attached hydrogens (tertiary/aromatic N) is 3. The zero-order chi connectivity index (χ0) is 20.6. The Morgan fingerprint density at radius 3 is 2.84 bits per heavy atom. The maximum absolute atomic E-state index is 13.4. The summed E-state index contributed by atoms with van der Waals surface area (Å²) >= 11 is 0. The number of aromatic nitrogens is 1. The van der Waals surface area contributed by atoms with Crippen LogP contribution in [0.5, 0.6) is 0 Å². The van der Waals surface area contributed by atoms with Crippen LogP contribution in [0.3, 0.4) is 0 Å². The van der Waals surface area contributed by atoms with Gasteiger partial charge in [0.2, 0.25) is 5.91 Å². The molecule has 4 rings (SSSR count). The van der Waals surface area contributed by atoms with E-state index in [0.717, 1.165) is 35.6 Å². The molecule has 2 atom stereocenters. The van der Waals surface area contributed by atoms with Gasteiger partial charge in [-0.3, -0.25) is 14.7 Å². The Labute approximate surface area is 196 Å². The van der Waals surface area contributed by atoms with Gasteiger partial charge in [0.15, 0.2) is 0 Å². The summed E-state index contributed by atoms with van der Waals surface area (Å²) in [6.45, 7) is 9.81. The average molecular weight is 471 g/mol. The summed E-state index contributed by atoms with van der Waals surface area (Å²) in [5, 5.41) is 3.48. The number of rotatable bonds is 5. The lowest BCUT2D eigenvalue weighted by Gasteiger charge is -2.39. The third kappa shape index (κ3) is 5.23. The fourth-order valence-electron chi connectivity index (χ4n) is 4.39. The predicted molar refractivity (Wildman–Crippen MR) is 127 cm³/mol. The van der Waals surface area contributed by atoms with Crippen LogP contribution in [0, 0.1) is 0 Å². The number of halogens is 2. The second kappa shape index (κ2) is 10.3. The normalized spacial score (nSPS) is 22.4. The highest BCUT2D eigenvalue weighted by Gasteiger charge is 2.39. The summed E-state index contributed by atoms with van der Waals surface area (Å²) in [6.07, 6.45) is 5.22. The molecule has 2 aliphatic heterocycles. The number of carbonyl (C=O) groups excluding carboxylic acids is 1. The Balaban J connectivity index is 0.00000171. The van der Waals surface area contributed by atoms with E-state index in [-0.39, 0.29) is 42.2 Å². The molecule has 0 bridgehead atoms. The van der Waals surface area contributed by atoms with Crippen molar-refractivity contribution in [1.29, 1.82) is 0 Å². The highest BCUT2D eigenvalue weighted by molar-refractivity contribution is 5.98. The van der Waals surface area contributed by atoms with Crippen molar-refractivity contribution in [3.05, 3.63) is 36.4 Å². The van der Waals surface area contributed by atoms with Gasteiger partial charge in [0.1, 0.15) is 0 Å². The Bertz CT molecular complexity index is 876. The second-order valence-electron chi connectivity index (χ2n) is 8.81. The van der Waals surface area contributed by atoms with Gasteiger partial charge in [-0.25, -0.2) is 0 Å². The first-order chi connectivity index (χ1) is 13.9. The van der Waals surface area contributed by atoms with Gasteiger partial charge in [-0.1, -0.05) is 13.8 Å². The van der Waals surface area contributed by atoms with Crippen molar-refractivity contribution in [1.82, 2.24) is 15.2 Å². The summed E-state index contributed by atoms with van der Waals surface area (Å²) < 4.78 is 10.6. The molecular formula is C22H32Cl2N4O3. The molecule has 9 heteroatoms. The van der Waals surface area contributed by atoms with E-state index in [2.05, 4.69) is 36.0 Å². The molecule has 0 aliphatic carbocycles. The Kier molecular flexibility index (Phi) is 8.53. The Hall–Kier alpha value is -1.64. The fourth-order valence-corrected chi connectivity index (χ4v) is 4.39. The van der Waals surface area contributed by atoms with Crippen molar-refractivity contribution in [3.8, 4) is 11.3 Å². The summed E-state index contributed by atoms with van der Waals surface area (Å²) in [7, 11) is 1.71. The van der Waals surface area contributed by atoms with Crippen LogP contribution in [0.4, 0.5) is 5.69 Å². The molecule has 1 fully saturated rings. The van der Waals surface area contributed by atoms with Gasteiger partial charge in [-0.05, 0) is 19.1 Å². The Morgan fingerprint density at radius 2 is 2.16 bits per heavy atom. The van der Waals surface area contributed by atoms with E-state index in [1.54, 1.807) is 19.6 Å². The Morgan fingerprint density at radius 1 is 1.39 bits per heavy atom. The van der Waals surface area contributed by atoms with Crippen molar-refractivity contribution in [2.45, 2.75) is 38.3 Å². The summed E-state index contributed by atoms with van der Waals surface area (Å²) in [6, 6.07) is 4.46. The van der Waals surface area contributed by atoms with Gasteiger partial charge in [-0.2, -0.15) is 0 Å². The quantitative estimate of drug-likeness (QED) is 0.723. The number of furan rings is 1. The van der Waals surface area contributed by atoms with Gasteiger partial charge in [0.05, 0.1) is 37.1 Å². The van der Waals surface area contributed by atoms with Crippen molar-refractivity contribution < 1.29 is 13.9 Å². The maximum Gasteiger partial charge on any atom is 0.241 e. The number of methoxy groups -OCH3 is 1. The topological polar surface area (TPSA) is 70.8 Å². The number of amides is 1. The molecule has 0 aromatic carbocycles. The number of pyridine rings is 1. The van der Waals surface area contributed by atoms with Gasteiger partial charge in [-0.15, -0.1) is 24.8 Å². The second-order valence-corrected chi connectivity index (χ2v) is 8.81. The molecule has 2 aliphatic rings. The average Bonchev–Trinajstić information content (AvgIpc) is 3.30. The number of fused-ring (bicyclic) bond motifs is 1. The summed E-state index contributed by atoms with van der Waals surface area (Å²) in [5.74, 6) is 0.122. The number of piperazine rings is 1. The lowest BCUT2D eigenvalue weighted by molar-refractivity contribution is -0.121. The van der Waals surface area contributed by atoms with Crippen LogP contribution in [-0.4, -0.2) is 67.8 Å². The fraction of sp³-hybridized carbons (Fsp3) is 0.545. The number of ether oxygens (including phenoxy) is 1. The van der Waals surface area contributed by atoms with E-state index in [1.807, 2.05) is 23.2 Å². The molecule has 1 amide bonds. The van der Waals surface area contributed by atoms with Crippen LogP contribution in [0.1, 0.15) is 26.3 Å². The SMILES string of the molecule is COC[C@H]1CN[C@H](C)CN1CC(=O)N1CC(C)(C)c2cnc(-c3ccoc3)cc21.Cl.Cl. The van der Waals surface area contributed by atoms with E-state index >= 15 is 0 Å². The standard InChI is InChI=1S/C22H30N4O3.2ClH/c1-15-10-25(17(8-23-15)13-28-4)11-21(27)26-14-22(2,3)18-9-24-19(7-20(18)26)16-5-6-29-12-16;;/h5-7,9,12,15,17,23H,8,10-11,13-14H2,1-4H3;2*1H/t15-,17-;;/m1../s1. The first-order valence-corrected chi connectivity index (χ1v) is 10.2. The van der Waals surface area contributed by atoms with Crippen molar-refractivity contribution in [3.63, 3.8) is 0 Å². The van der Waals surface area contributed by atoms with Crippen LogP contribution in [0.15, 0.2) is 35.3 Å². The molecule has 172 valence electrons. The van der Waals surface area contributed by atoms with Gasteiger partial charge in [0.25, 0.3) is 0 Å². The number of hydrogen-bond acceptors (Lipinski definition) is 6. The van der Waals surface area contributed by atoms with Crippen molar-refractivity contribution in [2.75, 3.05) is 44.8 Å². The summed E-state index contributed by atoms with van der Waals surface area (Å²) in [4.78, 5) is 22.2. The van der Waals surface area contributed by atoms with E-state index in [9.17, 15) is 4.79 Å². The third-order valence-electron chi connectivity index (χ3n) is 6.00. The minimum Gasteiger partial charge on any atom is -0.472 e. The molecule has 1 N–H and O–H groups in total. The molecule has 7 nitrogen and oxygen atoms in total. The molecule has 1 saturated heterocycles. The van der Waals surface area contributed by atoms with E-state index < -0.39 is 0 Å². The molecule has 0 spiro atoms. The molecule has 4 heterocycles. The maximum atomic E-state index is 13.4. The van der Waals surface area contributed by atoms with E-state index in [1.165, 1.54) is 0 Å². The molecule has 0 saturated carbocycles. The molecule has 2 aromatic rings. The van der Waals surface area contributed by atoms with Crippen LogP contribution >= 0.6 is 24.8 Å². The van der Waals surface area contributed by atoms with Crippen LogP contribution in [0.2, 0.25) is 0 Å². The highest BCUT2D eigenvalue weighted by atomic mass is 35.5. The lowest BCUT2D eigenvalue weighted by atomic mass is 9.88. The number of nitrogens with one attached hydrogen (secondary N) is 1. The molecule has 2 aromatic heterocycles. The minimum absolute atomic E-state index is 0. The van der Waals surface area contributed by atoms with Gasteiger partial charge < -0.3 is 19.4 Å². The number of hydrogen-bond donors (Lipinski definition) is 1. The third-order valence-corrected chi connectivity index (χ3v) is 6.00. The summed E-state index contributed by atoms with van der Waals surface area (Å²) in [5.41, 5.74) is 3.68. The van der Waals surface area contributed by atoms with Crippen molar-refractivity contribution in [2.24, 2.45) is 0 Å². The smallest absolute Gasteiger partial charge is 0.241 e. The zero-order valence-corrected chi connectivity index (χ0v) is 20.1. The van der Waals surface area contributed by atoms with E-state index in [4.69, 9.17) is 9.15 Å². The number of anilines is 1. The largest absolute Gasteiger partial charge is 0.472 e. The first-order valence-electron chi connectivity index (χ1n) is 10.2. The molecular weight excluding hydrogens is 439 g/mol. The number of carbonyl (C=O) groups is 1. The monoisotopic (exact) mass is 470 g/mol. The van der Waals surface area contributed by atoms with E-state index in [0.29, 0.717) is 25.7 Å². The van der Waals surface area contributed by atoms with Gasteiger partial charge >= 0.3 is 0 Å². The lowest BCUT2D eigenvalue weighted by Crippen LogP contribution is -2.59. The van der Waals surface area contributed by atoms with Gasteiger partial charge in [0, 0.05) is 61.6 Å². The van der Waals surface area contributed by atoms with Crippen LogP contribution < -0.4 is 10.2 Å². The highest BCUT2D eigenvalue weighted by Crippen LogP contribution is 2.41. The predicted octanol–water partition coefficient (Wildman–Crippen LogP) is 3.12. The molecule has 0 unspecified atom stereocenters. The van der Waals surface area contributed by atoms with Crippen molar-refractivity contribution >= 4 is 36.4 Å². The zero-order valence-electron chi connectivity index (χ0n) is 18.5. The van der Waals surface area contributed by atoms with Crippen LogP contribution in [-0.2, 0) is 14.9 Å². The van der Waals surface area contributed by atoms with Crippen LogP contribution in [0.25, 0.3) is 11.3 Å². The molecule has 31 heavy (non-hydrogen) atoms. The molecule has 0 radical (unpaired) electrons. The first kappa shape index (κ1) is 25.6. The minimum atomic E-state index is -0.129.